The molecule has 5 heteroatoms. The van der Waals surface area contributed by atoms with Gasteiger partial charge >= 0.3 is 0 Å². The Hall–Kier alpha value is -1.72. The van der Waals surface area contributed by atoms with Crippen LogP contribution in [0.15, 0.2) is 47.4 Å². The summed E-state index contributed by atoms with van der Waals surface area (Å²) >= 11 is 0. The van der Waals surface area contributed by atoms with Crippen LogP contribution in [0.1, 0.15) is 16.7 Å². The van der Waals surface area contributed by atoms with E-state index in [1.54, 1.807) is 0 Å². The minimum absolute atomic E-state index is 0.211. The SMILES string of the molecule is Cc1ccc(CN(C)S(=O)(=O)c2ccccc2F)c(C)c1. The van der Waals surface area contributed by atoms with Crippen molar-refractivity contribution in [1.82, 2.24) is 4.31 Å². The summed E-state index contributed by atoms with van der Waals surface area (Å²) in [6.07, 6.45) is 0. The van der Waals surface area contributed by atoms with E-state index in [2.05, 4.69) is 0 Å². The fourth-order valence-electron chi connectivity index (χ4n) is 2.17. The van der Waals surface area contributed by atoms with Gasteiger partial charge in [-0.1, -0.05) is 35.9 Å². The van der Waals surface area contributed by atoms with E-state index >= 15 is 0 Å². The summed E-state index contributed by atoms with van der Waals surface area (Å²) in [6.45, 7) is 4.13. The largest absolute Gasteiger partial charge is 0.246 e. The lowest BCUT2D eigenvalue weighted by Crippen LogP contribution is -2.27. The molecule has 0 saturated heterocycles. The van der Waals surface area contributed by atoms with Gasteiger partial charge in [-0.25, -0.2) is 12.8 Å². The predicted octanol–water partition coefficient (Wildman–Crippen LogP) is 3.26. The Labute approximate surface area is 125 Å². The summed E-state index contributed by atoms with van der Waals surface area (Å²) in [6, 6.07) is 11.3. The first-order valence-electron chi connectivity index (χ1n) is 6.59. The molecule has 3 nitrogen and oxygen atoms in total. The number of nitrogens with zero attached hydrogens (tertiary/aromatic N) is 1. The molecule has 2 aromatic rings. The van der Waals surface area contributed by atoms with Gasteiger partial charge in [-0.05, 0) is 37.1 Å². The van der Waals surface area contributed by atoms with Crippen molar-refractivity contribution in [2.45, 2.75) is 25.3 Å². The molecule has 0 amide bonds. The van der Waals surface area contributed by atoms with Gasteiger partial charge in [-0.2, -0.15) is 4.31 Å². The fraction of sp³-hybridized carbons (Fsp3) is 0.250. The second-order valence-electron chi connectivity index (χ2n) is 5.12. The lowest BCUT2D eigenvalue weighted by Gasteiger charge is -2.19. The molecular weight excluding hydrogens is 289 g/mol. The lowest BCUT2D eigenvalue weighted by atomic mass is 10.1. The van der Waals surface area contributed by atoms with Crippen molar-refractivity contribution >= 4 is 10.0 Å². The number of hydrogen-bond donors (Lipinski definition) is 0. The molecule has 0 saturated carbocycles. The number of sulfonamides is 1. The summed E-state index contributed by atoms with van der Waals surface area (Å²) in [7, 11) is -2.38. The van der Waals surface area contributed by atoms with Gasteiger partial charge in [0, 0.05) is 13.6 Å². The third-order valence-electron chi connectivity index (χ3n) is 3.42. The Morgan fingerprint density at radius 2 is 1.76 bits per heavy atom. The third kappa shape index (κ3) is 3.31. The van der Waals surface area contributed by atoms with Gasteiger partial charge < -0.3 is 0 Å². The Balaban J connectivity index is 2.31. The standard InChI is InChI=1S/C16H18FNO2S/c1-12-8-9-14(13(2)10-12)11-18(3)21(19,20)16-7-5-4-6-15(16)17/h4-10H,11H2,1-3H3. The lowest BCUT2D eigenvalue weighted by molar-refractivity contribution is 0.459. The van der Waals surface area contributed by atoms with Crippen LogP contribution in [-0.2, 0) is 16.6 Å². The number of rotatable bonds is 4. The van der Waals surface area contributed by atoms with E-state index in [-0.39, 0.29) is 11.4 Å². The van der Waals surface area contributed by atoms with Crippen molar-refractivity contribution in [3.05, 3.63) is 65.0 Å². The molecule has 0 aliphatic heterocycles. The molecule has 0 aliphatic carbocycles. The summed E-state index contributed by atoms with van der Waals surface area (Å²) in [5, 5.41) is 0. The Morgan fingerprint density at radius 3 is 2.38 bits per heavy atom. The fourth-order valence-corrected chi connectivity index (χ4v) is 3.38. The van der Waals surface area contributed by atoms with Gasteiger partial charge in [0.05, 0.1) is 0 Å². The Bertz CT molecular complexity index is 757. The number of aryl methyl sites for hydroxylation is 2. The highest BCUT2D eigenvalue weighted by Crippen LogP contribution is 2.21. The van der Waals surface area contributed by atoms with Gasteiger partial charge in [-0.15, -0.1) is 0 Å². The van der Waals surface area contributed by atoms with Gasteiger partial charge in [-0.3, -0.25) is 0 Å². The van der Waals surface area contributed by atoms with E-state index in [4.69, 9.17) is 0 Å². The number of benzene rings is 2. The molecule has 21 heavy (non-hydrogen) atoms. The van der Waals surface area contributed by atoms with Crippen molar-refractivity contribution in [2.24, 2.45) is 0 Å². The zero-order valence-corrected chi connectivity index (χ0v) is 13.1. The molecule has 0 aromatic heterocycles. The maximum Gasteiger partial charge on any atom is 0.246 e. The quantitative estimate of drug-likeness (QED) is 0.869. The van der Waals surface area contributed by atoms with Crippen LogP contribution in [0.5, 0.6) is 0 Å². The van der Waals surface area contributed by atoms with E-state index in [0.29, 0.717) is 0 Å². The minimum Gasteiger partial charge on any atom is -0.207 e. The highest BCUT2D eigenvalue weighted by molar-refractivity contribution is 7.89. The molecule has 0 N–H and O–H groups in total. The molecule has 2 rings (SSSR count). The summed E-state index contributed by atoms with van der Waals surface area (Å²) in [5.41, 5.74) is 3.05. The average Bonchev–Trinajstić information content (AvgIpc) is 2.42. The zero-order chi connectivity index (χ0) is 15.6. The van der Waals surface area contributed by atoms with Crippen LogP contribution in [-0.4, -0.2) is 19.8 Å². The highest BCUT2D eigenvalue weighted by atomic mass is 32.2. The first kappa shape index (κ1) is 15.7. The van der Waals surface area contributed by atoms with Gasteiger partial charge in [0.15, 0.2) is 0 Å². The number of halogens is 1. The first-order valence-corrected chi connectivity index (χ1v) is 8.03. The van der Waals surface area contributed by atoms with Crippen LogP contribution in [0.3, 0.4) is 0 Å². The average molecular weight is 307 g/mol. The molecule has 0 bridgehead atoms. The first-order chi connectivity index (χ1) is 9.82. The minimum atomic E-state index is -3.84. The van der Waals surface area contributed by atoms with Crippen molar-refractivity contribution in [2.75, 3.05) is 7.05 Å². The second-order valence-corrected chi connectivity index (χ2v) is 7.13. The van der Waals surface area contributed by atoms with E-state index < -0.39 is 15.8 Å². The van der Waals surface area contributed by atoms with Crippen LogP contribution in [0.4, 0.5) is 4.39 Å². The van der Waals surface area contributed by atoms with Gasteiger partial charge in [0.25, 0.3) is 0 Å². The molecule has 0 unspecified atom stereocenters. The maximum atomic E-state index is 13.7. The van der Waals surface area contributed by atoms with Gasteiger partial charge in [0.1, 0.15) is 10.7 Å². The van der Waals surface area contributed by atoms with Crippen LogP contribution >= 0.6 is 0 Å². The molecule has 112 valence electrons. The molecule has 0 radical (unpaired) electrons. The highest BCUT2D eigenvalue weighted by Gasteiger charge is 2.24. The normalized spacial score (nSPS) is 11.9. The summed E-state index contributed by atoms with van der Waals surface area (Å²) in [4.78, 5) is -0.294. The zero-order valence-electron chi connectivity index (χ0n) is 12.3. The molecule has 0 fully saturated rings. The van der Waals surface area contributed by atoms with Crippen LogP contribution < -0.4 is 0 Å². The van der Waals surface area contributed by atoms with Crippen LogP contribution in [0, 0.1) is 19.7 Å². The molecule has 0 spiro atoms. The van der Waals surface area contributed by atoms with Crippen molar-refractivity contribution in [3.63, 3.8) is 0 Å². The van der Waals surface area contributed by atoms with E-state index in [9.17, 15) is 12.8 Å². The predicted molar refractivity (Wildman–Crippen MR) is 81.0 cm³/mol. The third-order valence-corrected chi connectivity index (χ3v) is 5.25. The van der Waals surface area contributed by atoms with Crippen molar-refractivity contribution in [3.8, 4) is 0 Å². The monoisotopic (exact) mass is 307 g/mol. The summed E-state index contributed by atoms with van der Waals surface area (Å²) < 4.78 is 39.7. The molecule has 2 aromatic carbocycles. The Kier molecular flexibility index (Phi) is 4.44. The van der Waals surface area contributed by atoms with E-state index in [1.807, 2.05) is 32.0 Å². The molecule has 0 heterocycles. The second kappa shape index (κ2) is 5.95. The van der Waals surface area contributed by atoms with E-state index in [0.717, 1.165) is 22.8 Å². The number of hydrogen-bond acceptors (Lipinski definition) is 2. The van der Waals surface area contributed by atoms with Crippen molar-refractivity contribution in [1.29, 1.82) is 0 Å². The van der Waals surface area contributed by atoms with Crippen LogP contribution in [0.25, 0.3) is 0 Å². The Morgan fingerprint density at radius 1 is 1.10 bits per heavy atom. The van der Waals surface area contributed by atoms with Crippen LogP contribution in [0.2, 0.25) is 0 Å². The maximum absolute atomic E-state index is 13.7. The van der Waals surface area contributed by atoms with E-state index in [1.165, 1.54) is 29.6 Å². The molecular formula is C16H18FNO2S. The molecule has 0 atom stereocenters. The molecule has 0 aliphatic rings. The summed E-state index contributed by atoms with van der Waals surface area (Å²) in [5.74, 6) is -0.732. The van der Waals surface area contributed by atoms with Gasteiger partial charge in [0.2, 0.25) is 10.0 Å². The topological polar surface area (TPSA) is 37.4 Å². The smallest absolute Gasteiger partial charge is 0.207 e. The van der Waals surface area contributed by atoms with Crippen molar-refractivity contribution < 1.29 is 12.8 Å².